The lowest BCUT2D eigenvalue weighted by molar-refractivity contribution is 0.0525. The number of pyridine rings is 1. The van der Waals surface area contributed by atoms with Crippen LogP contribution in [0.1, 0.15) is 40.3 Å². The van der Waals surface area contributed by atoms with Gasteiger partial charge in [0.2, 0.25) is 0 Å². The van der Waals surface area contributed by atoms with E-state index >= 15 is 0 Å². The maximum atomic E-state index is 11.9. The Morgan fingerprint density at radius 3 is 2.65 bits per heavy atom. The number of ether oxygens (including phenoxy) is 2. The van der Waals surface area contributed by atoms with Gasteiger partial charge in [-0.2, -0.15) is 11.8 Å². The van der Waals surface area contributed by atoms with Crippen molar-refractivity contribution in [3.8, 4) is 0 Å². The molecule has 0 amide bonds. The third-order valence-corrected chi connectivity index (χ3v) is 3.35. The minimum atomic E-state index is -0.490. The molecule has 0 N–H and O–H groups in total. The normalized spacial score (nSPS) is 10.2. The van der Waals surface area contributed by atoms with Crippen LogP contribution in [0.5, 0.6) is 0 Å². The molecule has 110 valence electrons. The van der Waals surface area contributed by atoms with E-state index in [0.717, 1.165) is 11.5 Å². The minimum Gasteiger partial charge on any atom is -0.462 e. The molecule has 0 unspecified atom stereocenters. The molecule has 0 atom stereocenters. The van der Waals surface area contributed by atoms with E-state index < -0.39 is 11.9 Å². The van der Waals surface area contributed by atoms with Gasteiger partial charge in [-0.3, -0.25) is 4.98 Å². The van der Waals surface area contributed by atoms with Crippen molar-refractivity contribution in [1.82, 2.24) is 4.98 Å². The molecule has 0 fully saturated rings. The molecule has 20 heavy (non-hydrogen) atoms. The fourth-order valence-corrected chi connectivity index (χ4v) is 1.97. The second-order valence-corrected chi connectivity index (χ2v) is 5.30. The lowest BCUT2D eigenvalue weighted by atomic mass is 10.1. The lowest BCUT2D eigenvalue weighted by Gasteiger charge is -2.08. The molecule has 0 aliphatic rings. The van der Waals surface area contributed by atoms with E-state index in [1.54, 1.807) is 25.6 Å². The van der Waals surface area contributed by atoms with Crippen molar-refractivity contribution in [3.63, 3.8) is 0 Å². The summed E-state index contributed by atoms with van der Waals surface area (Å²) in [5.41, 5.74) is 1.09. The fourth-order valence-electron chi connectivity index (χ4n) is 1.48. The second-order valence-electron chi connectivity index (χ2n) is 3.91. The van der Waals surface area contributed by atoms with E-state index in [-0.39, 0.29) is 12.2 Å². The van der Waals surface area contributed by atoms with Crippen molar-refractivity contribution in [2.75, 3.05) is 24.7 Å². The Labute approximate surface area is 123 Å². The van der Waals surface area contributed by atoms with Crippen molar-refractivity contribution >= 4 is 23.7 Å². The zero-order chi connectivity index (χ0) is 15.0. The molecule has 0 saturated heterocycles. The lowest BCUT2D eigenvalue weighted by Crippen LogP contribution is -2.13. The van der Waals surface area contributed by atoms with Gasteiger partial charge in [0.1, 0.15) is 6.61 Å². The van der Waals surface area contributed by atoms with Crippen molar-refractivity contribution in [3.05, 3.63) is 29.1 Å². The molecule has 6 heteroatoms. The second kappa shape index (κ2) is 8.58. The maximum absolute atomic E-state index is 11.9. The number of rotatable bonds is 7. The first-order chi connectivity index (χ1) is 9.60. The molecule has 0 aromatic carbocycles. The first-order valence-electron chi connectivity index (χ1n) is 6.48. The van der Waals surface area contributed by atoms with E-state index in [1.807, 2.05) is 6.92 Å². The number of aryl methyl sites for hydroxylation is 1. The summed E-state index contributed by atoms with van der Waals surface area (Å²) in [6.07, 6.45) is 1.40. The standard InChI is InChI=1S/C14H19NO4S/c1-4-18-13(16)11-8-12(10(3)15-9-11)14(17)19-6-7-20-5-2/h8-9H,4-7H2,1-3H3. The van der Waals surface area contributed by atoms with Gasteiger partial charge in [-0.25, -0.2) is 9.59 Å². The van der Waals surface area contributed by atoms with E-state index in [1.165, 1.54) is 12.3 Å². The van der Waals surface area contributed by atoms with Crippen molar-refractivity contribution in [2.45, 2.75) is 20.8 Å². The Morgan fingerprint density at radius 2 is 2.00 bits per heavy atom. The first kappa shape index (κ1) is 16.5. The van der Waals surface area contributed by atoms with Crippen LogP contribution < -0.4 is 0 Å². The number of hydrogen-bond acceptors (Lipinski definition) is 6. The average molecular weight is 297 g/mol. The predicted molar refractivity (Wildman–Crippen MR) is 78.2 cm³/mol. The molecule has 1 aromatic rings. The van der Waals surface area contributed by atoms with Gasteiger partial charge in [0.05, 0.1) is 23.4 Å². The third-order valence-electron chi connectivity index (χ3n) is 2.48. The largest absolute Gasteiger partial charge is 0.462 e. The van der Waals surface area contributed by atoms with E-state index in [2.05, 4.69) is 4.98 Å². The summed E-state index contributed by atoms with van der Waals surface area (Å²) in [6, 6.07) is 1.47. The van der Waals surface area contributed by atoms with Gasteiger partial charge in [0.25, 0.3) is 0 Å². The molecule has 5 nitrogen and oxygen atoms in total. The molecule has 0 saturated carbocycles. The predicted octanol–water partition coefficient (Wildman–Crippen LogP) is 2.48. The highest BCUT2D eigenvalue weighted by atomic mass is 32.2. The van der Waals surface area contributed by atoms with E-state index in [4.69, 9.17) is 9.47 Å². The fraction of sp³-hybridized carbons (Fsp3) is 0.500. The van der Waals surface area contributed by atoms with Crippen LogP contribution in [0.2, 0.25) is 0 Å². The number of carbonyl (C=O) groups is 2. The zero-order valence-corrected chi connectivity index (χ0v) is 12.8. The van der Waals surface area contributed by atoms with Gasteiger partial charge in [-0.15, -0.1) is 0 Å². The van der Waals surface area contributed by atoms with Gasteiger partial charge in [-0.1, -0.05) is 6.92 Å². The number of hydrogen-bond donors (Lipinski definition) is 0. The van der Waals surface area contributed by atoms with Gasteiger partial charge in [-0.05, 0) is 25.7 Å². The van der Waals surface area contributed by atoms with Crippen LogP contribution in [0.4, 0.5) is 0 Å². The average Bonchev–Trinajstić information content (AvgIpc) is 2.44. The number of nitrogens with zero attached hydrogens (tertiary/aromatic N) is 1. The van der Waals surface area contributed by atoms with Crippen LogP contribution in [-0.2, 0) is 9.47 Å². The van der Waals surface area contributed by atoms with Crippen LogP contribution in [-0.4, -0.2) is 41.6 Å². The third kappa shape index (κ3) is 4.85. The Morgan fingerprint density at radius 1 is 1.25 bits per heavy atom. The van der Waals surface area contributed by atoms with Crippen LogP contribution in [0.3, 0.4) is 0 Å². The Kier molecular flexibility index (Phi) is 7.08. The summed E-state index contributed by atoms with van der Waals surface area (Å²) in [5, 5.41) is 0. The summed E-state index contributed by atoms with van der Waals surface area (Å²) < 4.78 is 10.0. The summed E-state index contributed by atoms with van der Waals surface area (Å²) in [6.45, 7) is 6.09. The minimum absolute atomic E-state index is 0.257. The number of thioether (sulfide) groups is 1. The topological polar surface area (TPSA) is 65.5 Å². The summed E-state index contributed by atoms with van der Waals surface area (Å²) in [5.74, 6) is 0.788. The Bertz CT molecular complexity index is 476. The van der Waals surface area contributed by atoms with Crippen LogP contribution in [0.25, 0.3) is 0 Å². The maximum Gasteiger partial charge on any atom is 0.340 e. The van der Waals surface area contributed by atoms with Crippen molar-refractivity contribution in [1.29, 1.82) is 0 Å². The smallest absolute Gasteiger partial charge is 0.340 e. The molecule has 0 aliphatic carbocycles. The van der Waals surface area contributed by atoms with E-state index in [0.29, 0.717) is 17.9 Å². The number of aromatic nitrogens is 1. The van der Waals surface area contributed by atoms with Crippen LogP contribution in [0, 0.1) is 6.92 Å². The van der Waals surface area contributed by atoms with Crippen LogP contribution in [0.15, 0.2) is 12.3 Å². The molecule has 1 aromatic heterocycles. The monoisotopic (exact) mass is 297 g/mol. The number of carbonyl (C=O) groups excluding carboxylic acids is 2. The van der Waals surface area contributed by atoms with Crippen molar-refractivity contribution < 1.29 is 19.1 Å². The Hall–Kier alpha value is -1.56. The molecule has 0 aliphatic heterocycles. The first-order valence-corrected chi connectivity index (χ1v) is 7.64. The molecular formula is C14H19NO4S. The molecule has 0 radical (unpaired) electrons. The van der Waals surface area contributed by atoms with Gasteiger partial charge in [0.15, 0.2) is 0 Å². The Balaban J connectivity index is 2.75. The summed E-state index contributed by atoms with van der Waals surface area (Å²) >= 11 is 1.70. The SMILES string of the molecule is CCOC(=O)c1cnc(C)c(C(=O)OCCSCC)c1. The van der Waals surface area contributed by atoms with Crippen LogP contribution >= 0.6 is 11.8 Å². The van der Waals surface area contributed by atoms with E-state index in [9.17, 15) is 9.59 Å². The molecule has 0 spiro atoms. The quantitative estimate of drug-likeness (QED) is 0.569. The highest BCUT2D eigenvalue weighted by Crippen LogP contribution is 2.11. The van der Waals surface area contributed by atoms with Crippen molar-refractivity contribution in [2.24, 2.45) is 0 Å². The van der Waals surface area contributed by atoms with Gasteiger partial charge in [0, 0.05) is 11.9 Å². The molecule has 1 heterocycles. The highest BCUT2D eigenvalue weighted by Gasteiger charge is 2.16. The van der Waals surface area contributed by atoms with Gasteiger partial charge >= 0.3 is 11.9 Å². The zero-order valence-electron chi connectivity index (χ0n) is 12.0. The highest BCUT2D eigenvalue weighted by molar-refractivity contribution is 7.99. The molecule has 0 bridgehead atoms. The summed E-state index contributed by atoms with van der Waals surface area (Å²) in [4.78, 5) is 27.6. The number of esters is 2. The molecular weight excluding hydrogens is 278 g/mol. The molecule has 1 rings (SSSR count). The summed E-state index contributed by atoms with van der Waals surface area (Å²) in [7, 11) is 0. The van der Waals surface area contributed by atoms with Gasteiger partial charge < -0.3 is 9.47 Å².